The standard InChI is InChI=1S/C15H21BrN2O2/c1-12(11-18-8-6-17(2)7-9-18)20-15(19)13-4-3-5-14(16)10-13/h3-5,10,12H,6-9,11H2,1-2H3. The summed E-state index contributed by atoms with van der Waals surface area (Å²) in [4.78, 5) is 16.7. The second-order valence-electron chi connectivity index (χ2n) is 5.33. The number of halogens is 1. The van der Waals surface area contributed by atoms with Gasteiger partial charge < -0.3 is 9.64 Å². The monoisotopic (exact) mass is 340 g/mol. The molecule has 2 rings (SSSR count). The van der Waals surface area contributed by atoms with Gasteiger partial charge in [0.05, 0.1) is 5.56 Å². The minimum absolute atomic E-state index is 0.0927. The molecular formula is C15H21BrN2O2. The fourth-order valence-electron chi connectivity index (χ4n) is 2.30. The molecule has 1 saturated heterocycles. The molecule has 4 nitrogen and oxygen atoms in total. The van der Waals surface area contributed by atoms with E-state index in [0.717, 1.165) is 37.2 Å². The molecule has 0 amide bonds. The normalized spacial score (nSPS) is 18.8. The molecule has 110 valence electrons. The number of piperazine rings is 1. The fraction of sp³-hybridized carbons (Fsp3) is 0.533. The summed E-state index contributed by atoms with van der Waals surface area (Å²) in [5, 5.41) is 0. The van der Waals surface area contributed by atoms with Crippen molar-refractivity contribution in [1.82, 2.24) is 9.80 Å². The molecule has 0 bridgehead atoms. The number of rotatable bonds is 4. The van der Waals surface area contributed by atoms with E-state index < -0.39 is 0 Å². The molecule has 0 radical (unpaired) electrons. The van der Waals surface area contributed by atoms with Gasteiger partial charge in [-0.05, 0) is 32.2 Å². The SMILES string of the molecule is CC(CN1CCN(C)CC1)OC(=O)c1cccc(Br)c1. The highest BCUT2D eigenvalue weighted by Crippen LogP contribution is 2.13. The van der Waals surface area contributed by atoms with Crippen molar-refractivity contribution < 1.29 is 9.53 Å². The number of ether oxygens (including phenoxy) is 1. The number of hydrogen-bond acceptors (Lipinski definition) is 4. The molecule has 0 saturated carbocycles. The maximum absolute atomic E-state index is 12.0. The first-order chi connectivity index (χ1) is 9.54. The van der Waals surface area contributed by atoms with E-state index in [1.165, 1.54) is 0 Å². The summed E-state index contributed by atoms with van der Waals surface area (Å²) in [6.07, 6.45) is -0.0927. The van der Waals surface area contributed by atoms with Gasteiger partial charge in [-0.15, -0.1) is 0 Å². The number of benzene rings is 1. The molecule has 0 spiro atoms. The lowest BCUT2D eigenvalue weighted by atomic mass is 10.2. The second-order valence-corrected chi connectivity index (χ2v) is 6.25. The molecule has 0 aliphatic carbocycles. The van der Waals surface area contributed by atoms with Gasteiger partial charge in [-0.25, -0.2) is 4.79 Å². The third-order valence-corrected chi connectivity index (χ3v) is 3.97. The predicted octanol–water partition coefficient (Wildman–Crippen LogP) is 2.24. The summed E-state index contributed by atoms with van der Waals surface area (Å²) in [5.74, 6) is -0.257. The number of carbonyl (C=O) groups excluding carboxylic acids is 1. The van der Waals surface area contributed by atoms with Crippen LogP contribution in [0.25, 0.3) is 0 Å². The Labute approximate surface area is 128 Å². The Hall–Kier alpha value is -0.910. The van der Waals surface area contributed by atoms with E-state index >= 15 is 0 Å². The molecule has 1 atom stereocenters. The van der Waals surface area contributed by atoms with Gasteiger partial charge in [-0.2, -0.15) is 0 Å². The molecule has 0 N–H and O–H groups in total. The Balaban J connectivity index is 1.82. The number of hydrogen-bond donors (Lipinski definition) is 0. The topological polar surface area (TPSA) is 32.8 Å². The predicted molar refractivity (Wildman–Crippen MR) is 83.0 cm³/mol. The third-order valence-electron chi connectivity index (χ3n) is 3.48. The van der Waals surface area contributed by atoms with Crippen molar-refractivity contribution in [2.45, 2.75) is 13.0 Å². The van der Waals surface area contributed by atoms with E-state index in [-0.39, 0.29) is 12.1 Å². The van der Waals surface area contributed by atoms with Crippen LogP contribution in [0.2, 0.25) is 0 Å². The first-order valence-electron chi connectivity index (χ1n) is 6.92. The van der Waals surface area contributed by atoms with Crippen LogP contribution in [0.5, 0.6) is 0 Å². The Morgan fingerprint density at radius 1 is 1.35 bits per heavy atom. The minimum Gasteiger partial charge on any atom is -0.458 e. The van der Waals surface area contributed by atoms with E-state index in [2.05, 4.69) is 32.8 Å². The molecule has 1 aromatic rings. The summed E-state index contributed by atoms with van der Waals surface area (Å²) in [7, 11) is 2.13. The van der Waals surface area contributed by atoms with Crippen LogP contribution in [-0.4, -0.2) is 61.6 Å². The average molecular weight is 341 g/mol. The van der Waals surface area contributed by atoms with Gasteiger partial charge in [-0.1, -0.05) is 22.0 Å². The summed E-state index contributed by atoms with van der Waals surface area (Å²) >= 11 is 3.36. The summed E-state index contributed by atoms with van der Waals surface area (Å²) in [6.45, 7) is 6.98. The fourth-order valence-corrected chi connectivity index (χ4v) is 2.70. The highest BCUT2D eigenvalue weighted by atomic mass is 79.9. The minimum atomic E-state index is -0.257. The molecule has 1 aromatic carbocycles. The van der Waals surface area contributed by atoms with Gasteiger partial charge in [0, 0.05) is 37.2 Å². The Bertz CT molecular complexity index is 459. The lowest BCUT2D eigenvalue weighted by Gasteiger charge is -2.33. The van der Waals surface area contributed by atoms with E-state index in [0.29, 0.717) is 5.56 Å². The Morgan fingerprint density at radius 3 is 2.70 bits per heavy atom. The van der Waals surface area contributed by atoms with Crippen LogP contribution in [0.15, 0.2) is 28.7 Å². The molecule has 1 heterocycles. The smallest absolute Gasteiger partial charge is 0.338 e. The van der Waals surface area contributed by atoms with Crippen molar-refractivity contribution in [1.29, 1.82) is 0 Å². The number of esters is 1. The van der Waals surface area contributed by atoms with Gasteiger partial charge >= 0.3 is 5.97 Å². The molecular weight excluding hydrogens is 320 g/mol. The summed E-state index contributed by atoms with van der Waals surface area (Å²) in [5.41, 5.74) is 0.588. The van der Waals surface area contributed by atoms with Crippen molar-refractivity contribution in [2.75, 3.05) is 39.8 Å². The largest absolute Gasteiger partial charge is 0.458 e. The van der Waals surface area contributed by atoms with Crippen LogP contribution >= 0.6 is 15.9 Å². The number of likely N-dealkylation sites (N-methyl/N-ethyl adjacent to an activating group) is 1. The van der Waals surface area contributed by atoms with Crippen LogP contribution in [0.3, 0.4) is 0 Å². The van der Waals surface area contributed by atoms with Crippen LogP contribution in [-0.2, 0) is 4.74 Å². The van der Waals surface area contributed by atoms with Crippen LogP contribution in [0, 0.1) is 0 Å². The Morgan fingerprint density at radius 2 is 2.05 bits per heavy atom. The van der Waals surface area contributed by atoms with E-state index in [9.17, 15) is 4.79 Å². The van der Waals surface area contributed by atoms with E-state index in [4.69, 9.17) is 4.74 Å². The Kier molecular flexibility index (Phi) is 5.57. The zero-order chi connectivity index (χ0) is 14.5. The maximum Gasteiger partial charge on any atom is 0.338 e. The van der Waals surface area contributed by atoms with Crippen LogP contribution in [0.1, 0.15) is 17.3 Å². The zero-order valence-electron chi connectivity index (χ0n) is 12.0. The summed E-state index contributed by atoms with van der Waals surface area (Å²) < 4.78 is 6.39. The zero-order valence-corrected chi connectivity index (χ0v) is 13.6. The number of carbonyl (C=O) groups is 1. The van der Waals surface area contributed by atoms with Crippen molar-refractivity contribution in [2.24, 2.45) is 0 Å². The number of nitrogens with zero attached hydrogens (tertiary/aromatic N) is 2. The molecule has 1 unspecified atom stereocenters. The molecule has 5 heteroatoms. The van der Waals surface area contributed by atoms with E-state index in [1.54, 1.807) is 12.1 Å². The first kappa shape index (κ1) is 15.5. The lowest BCUT2D eigenvalue weighted by Crippen LogP contribution is -2.47. The highest BCUT2D eigenvalue weighted by molar-refractivity contribution is 9.10. The quantitative estimate of drug-likeness (QED) is 0.787. The highest BCUT2D eigenvalue weighted by Gasteiger charge is 2.18. The van der Waals surface area contributed by atoms with E-state index in [1.807, 2.05) is 19.1 Å². The molecule has 1 aliphatic heterocycles. The van der Waals surface area contributed by atoms with Gasteiger partial charge in [0.15, 0.2) is 0 Å². The molecule has 0 aromatic heterocycles. The molecule has 1 fully saturated rings. The van der Waals surface area contributed by atoms with Crippen LogP contribution < -0.4 is 0 Å². The van der Waals surface area contributed by atoms with Gasteiger partial charge in [0.1, 0.15) is 6.10 Å². The molecule has 20 heavy (non-hydrogen) atoms. The van der Waals surface area contributed by atoms with Gasteiger partial charge in [0.25, 0.3) is 0 Å². The van der Waals surface area contributed by atoms with Crippen molar-refractivity contribution in [3.63, 3.8) is 0 Å². The second kappa shape index (κ2) is 7.20. The van der Waals surface area contributed by atoms with Gasteiger partial charge in [-0.3, -0.25) is 4.90 Å². The van der Waals surface area contributed by atoms with Crippen LogP contribution in [0.4, 0.5) is 0 Å². The average Bonchev–Trinajstić information content (AvgIpc) is 2.41. The maximum atomic E-state index is 12.0. The van der Waals surface area contributed by atoms with Crippen molar-refractivity contribution >= 4 is 21.9 Å². The third kappa shape index (κ3) is 4.58. The van der Waals surface area contributed by atoms with Crippen molar-refractivity contribution in [3.8, 4) is 0 Å². The van der Waals surface area contributed by atoms with Crippen molar-refractivity contribution in [3.05, 3.63) is 34.3 Å². The summed E-state index contributed by atoms with van der Waals surface area (Å²) in [6, 6.07) is 7.29. The first-order valence-corrected chi connectivity index (χ1v) is 7.71. The molecule has 1 aliphatic rings. The van der Waals surface area contributed by atoms with Gasteiger partial charge in [0.2, 0.25) is 0 Å². The lowest BCUT2D eigenvalue weighted by molar-refractivity contribution is 0.0207.